The van der Waals surface area contributed by atoms with E-state index in [-0.39, 0.29) is 52.5 Å². The highest BCUT2D eigenvalue weighted by Crippen LogP contribution is 2.52. The van der Waals surface area contributed by atoms with Crippen molar-refractivity contribution in [2.45, 2.75) is 55.9 Å². The minimum Gasteiger partial charge on any atom is -0.496 e. The van der Waals surface area contributed by atoms with Crippen LogP contribution in [0.25, 0.3) is 39.6 Å². The lowest BCUT2D eigenvalue weighted by Gasteiger charge is -2.40. The molecule has 5 aliphatic rings. The number of aromatic nitrogens is 2. The molecule has 2 saturated carbocycles. The summed E-state index contributed by atoms with van der Waals surface area (Å²) in [4.78, 5) is 69.2. The highest BCUT2D eigenvalue weighted by atomic mass is 35.5. The molecule has 3 aliphatic heterocycles. The largest absolute Gasteiger partial charge is 0.496 e. The van der Waals surface area contributed by atoms with E-state index in [1.807, 2.05) is 54.6 Å². The molecule has 7 atom stereocenters. The molecule has 0 radical (unpaired) electrons. The molecule has 2 aromatic heterocycles. The average Bonchev–Trinajstić information content (AvgIpc) is 4.08. The smallest absolute Gasteiger partial charge is 0.274 e. The molecule has 16 heteroatoms. The van der Waals surface area contributed by atoms with Crippen LogP contribution in [0.4, 0.5) is 11.4 Å². The lowest BCUT2D eigenvalue weighted by Crippen LogP contribution is -2.51. The van der Waals surface area contributed by atoms with Gasteiger partial charge in [-0.05, 0) is 116 Å². The highest BCUT2D eigenvalue weighted by molar-refractivity contribution is 6.34. The number of likely N-dealkylation sites (tertiary alicyclic amines) is 2. The molecule has 3 N–H and O–H groups in total. The number of primary amides is 1. The topological polar surface area (TPSA) is 173 Å². The number of hydrogen-bond acceptors (Lipinski definition) is 10. The normalized spacial score (nSPS) is 23.6. The van der Waals surface area contributed by atoms with Crippen LogP contribution in [-0.2, 0) is 14.4 Å². The molecule has 6 aromatic rings. The molecule has 328 valence electrons. The van der Waals surface area contributed by atoms with E-state index in [2.05, 4.69) is 15.3 Å². The van der Waals surface area contributed by atoms with E-state index in [1.165, 1.54) is 0 Å². The number of amides is 4. The number of anilines is 2. The Labute approximate surface area is 382 Å². The number of methoxy groups -OCH3 is 2. The summed E-state index contributed by atoms with van der Waals surface area (Å²) in [6.45, 7) is 0. The monoisotopic (exact) mass is 909 g/mol. The van der Waals surface area contributed by atoms with E-state index in [0.717, 1.165) is 18.4 Å². The van der Waals surface area contributed by atoms with Crippen molar-refractivity contribution in [3.8, 4) is 34.3 Å². The van der Waals surface area contributed by atoms with E-state index in [4.69, 9.17) is 42.8 Å². The lowest BCUT2D eigenvalue weighted by molar-refractivity contribution is -0.139. The number of nitrogens with one attached hydrogen (secondary N) is 1. The first-order valence-corrected chi connectivity index (χ1v) is 22.1. The molecule has 4 amide bonds. The highest BCUT2D eigenvalue weighted by Gasteiger charge is 2.58. The van der Waals surface area contributed by atoms with Crippen molar-refractivity contribution >= 4 is 75.1 Å². The maximum Gasteiger partial charge on any atom is 0.274 e. The zero-order valence-electron chi connectivity index (χ0n) is 35.1. The van der Waals surface area contributed by atoms with Crippen molar-refractivity contribution in [1.29, 1.82) is 0 Å². The van der Waals surface area contributed by atoms with Gasteiger partial charge >= 0.3 is 0 Å². The van der Waals surface area contributed by atoms with Gasteiger partial charge in [0.1, 0.15) is 45.6 Å². The first-order valence-electron chi connectivity index (χ1n) is 21.4. The van der Waals surface area contributed by atoms with E-state index < -0.39 is 24.0 Å². The Kier molecular flexibility index (Phi) is 9.85. The Morgan fingerprint density at radius 3 is 2.18 bits per heavy atom. The van der Waals surface area contributed by atoms with Crippen molar-refractivity contribution in [1.82, 2.24) is 19.8 Å². The van der Waals surface area contributed by atoms with Gasteiger partial charge in [-0.15, -0.1) is 0 Å². The van der Waals surface area contributed by atoms with Crippen LogP contribution in [0.3, 0.4) is 0 Å². The number of carbonyl (C=O) groups is 4. The molecule has 2 saturated heterocycles. The van der Waals surface area contributed by atoms with Gasteiger partial charge in [-0.2, -0.15) is 0 Å². The number of halogens is 2. The molecule has 2 aliphatic carbocycles. The third kappa shape index (κ3) is 6.94. The standard InChI is InChI=1S/C49H41Cl2N7O7/c1-63-38-7-3-5-30-32(38)21-41(50)55-43(30)48(61)58-35-18-27(35)20-37(58)46(60)54-28-13-9-24(10-14-28)40-23-53-47(65-40)25-11-15-29(16-12-25)56-42(51)22-33-31(6-4-8-39(33)64-2)44(56)49(62)57-34-17-26(34)19-36(57)45(52)59/h3-16,21-23,26-27,34-37,44H,17-20H2,1-2H3,(H2,52,59)(H,54,60)/t26-,27-,34-,35-,36-,37-,44?/m0/s1. The minimum absolute atomic E-state index is 0.0332. The van der Waals surface area contributed by atoms with Crippen LogP contribution in [-0.4, -0.2) is 81.8 Å². The second kappa shape index (κ2) is 15.7. The van der Waals surface area contributed by atoms with Crippen molar-refractivity contribution in [3.63, 3.8) is 0 Å². The van der Waals surface area contributed by atoms with Gasteiger partial charge in [0.05, 0.1) is 20.4 Å². The summed E-state index contributed by atoms with van der Waals surface area (Å²) in [6, 6.07) is 24.9. The van der Waals surface area contributed by atoms with Gasteiger partial charge in [0, 0.05) is 50.9 Å². The van der Waals surface area contributed by atoms with E-state index in [9.17, 15) is 19.2 Å². The molecule has 0 bridgehead atoms. The predicted octanol–water partition coefficient (Wildman–Crippen LogP) is 8.04. The molecule has 11 rings (SSSR count). The van der Waals surface area contributed by atoms with Crippen molar-refractivity contribution in [2.75, 3.05) is 24.4 Å². The number of rotatable bonds is 10. The number of pyridine rings is 1. The number of carbonyl (C=O) groups excluding carboxylic acids is 4. The minimum atomic E-state index is -0.882. The van der Waals surface area contributed by atoms with E-state index in [0.29, 0.717) is 80.0 Å². The summed E-state index contributed by atoms with van der Waals surface area (Å²) in [5.74, 6) is 1.17. The third-order valence-corrected chi connectivity index (χ3v) is 14.0. The quantitative estimate of drug-likeness (QED) is 0.101. The molecule has 0 spiro atoms. The van der Waals surface area contributed by atoms with Gasteiger partial charge in [-0.25, -0.2) is 9.97 Å². The number of piperidine rings is 2. The summed E-state index contributed by atoms with van der Waals surface area (Å²) < 4.78 is 17.4. The molecular formula is C49H41Cl2N7O7. The van der Waals surface area contributed by atoms with Gasteiger partial charge in [-0.1, -0.05) is 47.5 Å². The average molecular weight is 911 g/mol. The summed E-state index contributed by atoms with van der Waals surface area (Å²) >= 11 is 13.4. The number of ether oxygens (including phenoxy) is 2. The van der Waals surface area contributed by atoms with Crippen LogP contribution in [0.1, 0.15) is 53.3 Å². The zero-order chi connectivity index (χ0) is 44.8. The van der Waals surface area contributed by atoms with Crippen LogP contribution in [0.2, 0.25) is 5.15 Å². The molecule has 65 heavy (non-hydrogen) atoms. The zero-order valence-corrected chi connectivity index (χ0v) is 36.6. The Morgan fingerprint density at radius 1 is 0.785 bits per heavy atom. The Hall–Kier alpha value is -6.90. The molecular weight excluding hydrogens is 869 g/mol. The fourth-order valence-electron chi connectivity index (χ4n) is 10.2. The van der Waals surface area contributed by atoms with E-state index >= 15 is 0 Å². The fourth-order valence-corrected chi connectivity index (χ4v) is 10.7. The SMILES string of the molecule is COc1cccc2c1C=C(Cl)N(c1ccc(-c3ncc(-c4ccc(NC(=O)[C@@H]5C[C@@H]6C[C@@H]6N5C(=O)c5nc(Cl)cc6c(OC)cccc56)cc4)o3)cc1)C2C(=O)N1[C@H](C(N)=O)C[C@@H]2C[C@@H]21. The van der Waals surface area contributed by atoms with Gasteiger partial charge in [0.15, 0.2) is 5.76 Å². The molecule has 1 unspecified atom stereocenters. The van der Waals surface area contributed by atoms with Crippen LogP contribution < -0.4 is 25.4 Å². The number of benzene rings is 4. The van der Waals surface area contributed by atoms with Crippen molar-refractivity contribution in [2.24, 2.45) is 17.6 Å². The van der Waals surface area contributed by atoms with Gasteiger partial charge in [0.2, 0.25) is 17.7 Å². The van der Waals surface area contributed by atoms with Crippen LogP contribution in [0.15, 0.2) is 107 Å². The van der Waals surface area contributed by atoms with Gasteiger partial charge in [-0.3, -0.25) is 19.2 Å². The van der Waals surface area contributed by atoms with Gasteiger partial charge in [0.25, 0.3) is 11.8 Å². The number of fused-ring (bicyclic) bond motifs is 4. The Morgan fingerprint density at radius 2 is 1.46 bits per heavy atom. The Bertz CT molecular complexity index is 2990. The number of nitrogens with two attached hydrogens (primary N) is 1. The lowest BCUT2D eigenvalue weighted by atomic mass is 9.93. The number of oxazole rings is 1. The number of hydrogen-bond donors (Lipinski definition) is 2. The summed E-state index contributed by atoms with van der Waals surface area (Å²) in [5.41, 5.74) is 10.0. The molecule has 4 fully saturated rings. The van der Waals surface area contributed by atoms with Gasteiger partial charge < -0.3 is 39.6 Å². The van der Waals surface area contributed by atoms with Crippen LogP contribution >= 0.6 is 23.2 Å². The molecule has 4 aromatic carbocycles. The fraction of sp³-hybridized carbons (Fsp3) is 0.265. The van der Waals surface area contributed by atoms with Crippen LogP contribution in [0, 0.1) is 11.8 Å². The maximum atomic E-state index is 14.6. The molecule has 5 heterocycles. The summed E-state index contributed by atoms with van der Waals surface area (Å²) in [7, 11) is 3.13. The summed E-state index contributed by atoms with van der Waals surface area (Å²) in [5, 5.41) is 4.76. The molecule has 14 nitrogen and oxygen atoms in total. The number of nitrogens with zero attached hydrogens (tertiary/aromatic N) is 5. The maximum absolute atomic E-state index is 14.6. The Balaban J connectivity index is 0.800. The second-order valence-corrected chi connectivity index (χ2v) is 18.0. The first-order chi connectivity index (χ1) is 31.5. The third-order valence-electron chi connectivity index (χ3n) is 13.5. The van der Waals surface area contributed by atoms with Crippen molar-refractivity contribution < 1.29 is 33.1 Å². The second-order valence-electron chi connectivity index (χ2n) is 17.2. The first kappa shape index (κ1) is 40.8. The van der Waals surface area contributed by atoms with Crippen molar-refractivity contribution in [3.05, 3.63) is 124 Å². The van der Waals surface area contributed by atoms with Crippen LogP contribution in [0.5, 0.6) is 11.5 Å². The predicted molar refractivity (Wildman–Crippen MR) is 244 cm³/mol. The van der Waals surface area contributed by atoms with E-state index in [1.54, 1.807) is 77.6 Å². The summed E-state index contributed by atoms with van der Waals surface area (Å²) in [6.07, 6.45) is 6.21.